The summed E-state index contributed by atoms with van der Waals surface area (Å²) in [6, 6.07) is 10.8. The maximum Gasteiger partial charge on any atom is 0.272 e. The molecule has 1 aliphatic heterocycles. The molecule has 7 nitrogen and oxygen atoms in total. The van der Waals surface area contributed by atoms with E-state index >= 15 is 0 Å². The molecule has 3 rings (SSSR count). The minimum absolute atomic E-state index is 0.0344. The lowest BCUT2D eigenvalue weighted by Gasteiger charge is -2.34. The number of nitrogens with zero attached hydrogens (tertiary/aromatic N) is 3. The van der Waals surface area contributed by atoms with Crippen LogP contribution in [-0.4, -0.2) is 67.0 Å². The molecule has 0 N–H and O–H groups in total. The Morgan fingerprint density at radius 1 is 0.963 bits per heavy atom. The zero-order valence-corrected chi connectivity index (χ0v) is 15.6. The van der Waals surface area contributed by atoms with Crippen LogP contribution in [0.1, 0.15) is 16.1 Å². The fourth-order valence-electron chi connectivity index (χ4n) is 3.09. The smallest absolute Gasteiger partial charge is 0.272 e. The molecule has 1 aromatic carbocycles. The van der Waals surface area contributed by atoms with Gasteiger partial charge in [-0.25, -0.2) is 0 Å². The first kappa shape index (κ1) is 18.7. The predicted octanol–water partition coefficient (Wildman–Crippen LogP) is 1.63. The van der Waals surface area contributed by atoms with Gasteiger partial charge in [-0.15, -0.1) is 0 Å². The maximum absolute atomic E-state index is 12.6. The summed E-state index contributed by atoms with van der Waals surface area (Å²) in [5, 5.41) is 0. The topological polar surface area (TPSA) is 72.0 Å². The van der Waals surface area contributed by atoms with Crippen LogP contribution in [0.2, 0.25) is 0 Å². The van der Waals surface area contributed by atoms with Crippen LogP contribution >= 0.6 is 0 Å². The highest BCUT2D eigenvalue weighted by Gasteiger charge is 2.25. The van der Waals surface area contributed by atoms with Crippen LogP contribution in [0.3, 0.4) is 0 Å². The predicted molar refractivity (Wildman–Crippen MR) is 100.0 cm³/mol. The van der Waals surface area contributed by atoms with Crippen LogP contribution in [0, 0.1) is 0 Å². The average Bonchev–Trinajstić information content (AvgIpc) is 2.73. The van der Waals surface area contributed by atoms with Gasteiger partial charge in [0.05, 0.1) is 20.6 Å². The number of hydrogen-bond donors (Lipinski definition) is 0. The number of rotatable bonds is 5. The summed E-state index contributed by atoms with van der Waals surface area (Å²) < 4.78 is 10.5. The number of hydrogen-bond acceptors (Lipinski definition) is 5. The van der Waals surface area contributed by atoms with Crippen LogP contribution in [0.25, 0.3) is 0 Å². The van der Waals surface area contributed by atoms with Crippen molar-refractivity contribution in [3.05, 3.63) is 53.9 Å². The van der Waals surface area contributed by atoms with Crippen LogP contribution < -0.4 is 9.47 Å². The number of amides is 2. The lowest BCUT2D eigenvalue weighted by molar-refractivity contribution is -0.131. The van der Waals surface area contributed by atoms with Gasteiger partial charge in [-0.05, 0) is 29.8 Å². The lowest BCUT2D eigenvalue weighted by atomic mass is 10.1. The third kappa shape index (κ3) is 4.36. The van der Waals surface area contributed by atoms with Crippen molar-refractivity contribution in [2.45, 2.75) is 6.42 Å². The van der Waals surface area contributed by atoms with E-state index in [0.29, 0.717) is 43.4 Å². The van der Waals surface area contributed by atoms with Gasteiger partial charge in [0.1, 0.15) is 5.69 Å². The first-order chi connectivity index (χ1) is 13.1. The zero-order valence-electron chi connectivity index (χ0n) is 15.6. The molecule has 0 saturated carbocycles. The van der Waals surface area contributed by atoms with Crippen LogP contribution in [0.15, 0.2) is 42.6 Å². The van der Waals surface area contributed by atoms with E-state index in [1.165, 1.54) is 0 Å². The number of aromatic nitrogens is 1. The van der Waals surface area contributed by atoms with Crippen molar-refractivity contribution < 1.29 is 19.1 Å². The highest BCUT2D eigenvalue weighted by molar-refractivity contribution is 5.92. The van der Waals surface area contributed by atoms with E-state index in [-0.39, 0.29) is 18.2 Å². The Hall–Kier alpha value is -3.09. The van der Waals surface area contributed by atoms with Crippen LogP contribution in [-0.2, 0) is 11.2 Å². The fraction of sp³-hybridized carbons (Fsp3) is 0.350. The van der Waals surface area contributed by atoms with Gasteiger partial charge in [-0.3, -0.25) is 14.6 Å². The Labute approximate surface area is 158 Å². The third-order valence-corrected chi connectivity index (χ3v) is 4.61. The molecule has 2 aromatic rings. The van der Waals surface area contributed by atoms with Crippen molar-refractivity contribution in [2.75, 3.05) is 40.4 Å². The molecule has 142 valence electrons. The minimum atomic E-state index is -0.0948. The van der Waals surface area contributed by atoms with Gasteiger partial charge in [0.15, 0.2) is 11.5 Å². The molecule has 1 aliphatic rings. The number of ether oxygens (including phenoxy) is 2. The Morgan fingerprint density at radius 3 is 2.30 bits per heavy atom. The second-order valence-corrected chi connectivity index (χ2v) is 6.25. The number of benzene rings is 1. The van der Waals surface area contributed by atoms with Gasteiger partial charge in [0.25, 0.3) is 5.91 Å². The fourth-order valence-corrected chi connectivity index (χ4v) is 3.09. The Balaban J connectivity index is 1.56. The van der Waals surface area contributed by atoms with Crippen LogP contribution in [0.5, 0.6) is 11.5 Å². The van der Waals surface area contributed by atoms with Gasteiger partial charge in [-0.2, -0.15) is 0 Å². The van der Waals surface area contributed by atoms with Gasteiger partial charge in [-0.1, -0.05) is 12.1 Å². The van der Waals surface area contributed by atoms with Gasteiger partial charge >= 0.3 is 0 Å². The molecule has 0 spiro atoms. The highest BCUT2D eigenvalue weighted by Crippen LogP contribution is 2.27. The molecule has 0 radical (unpaired) electrons. The van der Waals surface area contributed by atoms with Crippen LogP contribution in [0.4, 0.5) is 0 Å². The molecule has 1 aromatic heterocycles. The Bertz CT molecular complexity index is 802. The van der Waals surface area contributed by atoms with Gasteiger partial charge in [0.2, 0.25) is 5.91 Å². The maximum atomic E-state index is 12.6. The normalized spacial score (nSPS) is 14.0. The summed E-state index contributed by atoms with van der Waals surface area (Å²) in [4.78, 5) is 32.7. The molecule has 2 heterocycles. The summed E-state index contributed by atoms with van der Waals surface area (Å²) in [7, 11) is 3.15. The van der Waals surface area contributed by atoms with E-state index in [4.69, 9.17) is 9.47 Å². The molecule has 1 fully saturated rings. The third-order valence-electron chi connectivity index (χ3n) is 4.61. The first-order valence-electron chi connectivity index (χ1n) is 8.81. The van der Waals surface area contributed by atoms with Gasteiger partial charge < -0.3 is 19.3 Å². The zero-order chi connectivity index (χ0) is 19.2. The van der Waals surface area contributed by atoms with E-state index in [9.17, 15) is 9.59 Å². The van der Waals surface area contributed by atoms with E-state index < -0.39 is 0 Å². The summed E-state index contributed by atoms with van der Waals surface area (Å²) in [6.07, 6.45) is 1.89. The molecule has 27 heavy (non-hydrogen) atoms. The first-order valence-corrected chi connectivity index (χ1v) is 8.81. The van der Waals surface area contributed by atoms with Crippen molar-refractivity contribution in [3.63, 3.8) is 0 Å². The quantitative estimate of drug-likeness (QED) is 0.801. The second kappa shape index (κ2) is 8.53. The Morgan fingerprint density at radius 2 is 1.67 bits per heavy atom. The number of piperazine rings is 1. The standard InChI is InChI=1S/C20H23N3O4/c1-26-17-7-6-15(13-18(17)27-2)14-19(24)22-9-11-23(12-10-22)20(25)16-5-3-4-8-21-16/h3-8,13H,9-12,14H2,1-2H3. The van der Waals surface area contributed by atoms with E-state index in [1.807, 2.05) is 12.1 Å². The molecular weight excluding hydrogens is 346 g/mol. The van der Waals surface area contributed by atoms with E-state index in [0.717, 1.165) is 5.56 Å². The molecule has 1 saturated heterocycles. The number of carbonyl (C=O) groups is 2. The number of pyridine rings is 1. The molecule has 2 amide bonds. The minimum Gasteiger partial charge on any atom is -0.493 e. The largest absolute Gasteiger partial charge is 0.493 e. The van der Waals surface area contributed by atoms with E-state index in [2.05, 4.69) is 4.98 Å². The number of methoxy groups -OCH3 is 2. The lowest BCUT2D eigenvalue weighted by Crippen LogP contribution is -2.51. The monoisotopic (exact) mass is 369 g/mol. The second-order valence-electron chi connectivity index (χ2n) is 6.25. The summed E-state index contributed by atoms with van der Waals surface area (Å²) >= 11 is 0. The summed E-state index contributed by atoms with van der Waals surface area (Å²) in [6.45, 7) is 2.05. The highest BCUT2D eigenvalue weighted by atomic mass is 16.5. The molecule has 7 heteroatoms. The molecule has 0 bridgehead atoms. The molecule has 0 atom stereocenters. The summed E-state index contributed by atoms with van der Waals surface area (Å²) in [5.41, 5.74) is 1.30. The van der Waals surface area contributed by atoms with Crippen molar-refractivity contribution in [3.8, 4) is 11.5 Å². The number of carbonyl (C=O) groups excluding carboxylic acids is 2. The van der Waals surface area contributed by atoms with Crippen molar-refractivity contribution in [2.24, 2.45) is 0 Å². The molecular formula is C20H23N3O4. The average molecular weight is 369 g/mol. The van der Waals surface area contributed by atoms with Crippen molar-refractivity contribution >= 4 is 11.8 Å². The van der Waals surface area contributed by atoms with Crippen molar-refractivity contribution in [1.82, 2.24) is 14.8 Å². The Kier molecular flexibility index (Phi) is 5.90. The van der Waals surface area contributed by atoms with E-state index in [1.54, 1.807) is 54.5 Å². The van der Waals surface area contributed by atoms with Gasteiger partial charge in [0, 0.05) is 32.4 Å². The summed E-state index contributed by atoms with van der Waals surface area (Å²) in [5.74, 6) is 1.18. The molecule has 0 unspecified atom stereocenters. The SMILES string of the molecule is COc1ccc(CC(=O)N2CCN(C(=O)c3ccccn3)CC2)cc1OC. The molecule has 0 aliphatic carbocycles. The van der Waals surface area contributed by atoms with Crippen molar-refractivity contribution in [1.29, 1.82) is 0 Å².